The van der Waals surface area contributed by atoms with Gasteiger partial charge in [0.1, 0.15) is 0 Å². The highest BCUT2D eigenvalue weighted by atomic mass is 16.4. The number of allylic oxidation sites excluding steroid dienone is 1. The maximum Gasteiger partial charge on any atom is 0.300 e. The van der Waals surface area contributed by atoms with Crippen LogP contribution in [-0.4, -0.2) is 17.6 Å². The normalized spacial score (nSPS) is 8.88. The molecule has 2 N–H and O–H groups in total. The highest BCUT2D eigenvalue weighted by Crippen LogP contribution is 1.96. The molecule has 0 aliphatic rings. The van der Waals surface area contributed by atoms with Gasteiger partial charge in [0.15, 0.2) is 0 Å². The van der Waals surface area contributed by atoms with Gasteiger partial charge in [-0.3, -0.25) is 4.79 Å². The second kappa shape index (κ2) is 9.60. The predicted octanol–water partition coefficient (Wildman–Crippen LogP) is 2.83. The van der Waals surface area contributed by atoms with Crippen LogP contribution in [0, 0.1) is 0 Å². The number of rotatable bonds is 4. The number of benzene rings is 1. The second-order valence-corrected chi connectivity index (χ2v) is 3.92. The fourth-order valence-corrected chi connectivity index (χ4v) is 1.09. The maximum atomic E-state index is 9.00. The van der Waals surface area contributed by atoms with Crippen molar-refractivity contribution in [2.24, 2.45) is 0 Å². The standard InChI is InChI=1S/C12H17N.C2H4O2/c1-11(2)8-9-13-10-12-6-4-3-5-7-12;1-2(3)4/h3-8,13H,9-10H2,1-2H3;1H3,(H,3,4). The first kappa shape index (κ1) is 15.4. The van der Waals surface area contributed by atoms with Crippen molar-refractivity contribution < 1.29 is 9.90 Å². The Balaban J connectivity index is 0.000000557. The molecule has 0 heterocycles. The molecular formula is C14H21NO2. The van der Waals surface area contributed by atoms with Crippen molar-refractivity contribution in [2.75, 3.05) is 6.54 Å². The number of hydrogen-bond donors (Lipinski definition) is 2. The highest BCUT2D eigenvalue weighted by Gasteiger charge is 1.87. The summed E-state index contributed by atoms with van der Waals surface area (Å²) in [6.07, 6.45) is 2.20. The molecule has 17 heavy (non-hydrogen) atoms. The number of aliphatic carboxylic acids is 1. The summed E-state index contributed by atoms with van der Waals surface area (Å²) in [5.41, 5.74) is 2.70. The molecular weight excluding hydrogens is 214 g/mol. The van der Waals surface area contributed by atoms with Crippen LogP contribution in [0.1, 0.15) is 26.3 Å². The minimum absolute atomic E-state index is 0.833. The Hall–Kier alpha value is -1.61. The quantitative estimate of drug-likeness (QED) is 0.623. The Labute approximate surface area is 103 Å². The zero-order valence-corrected chi connectivity index (χ0v) is 10.7. The van der Waals surface area contributed by atoms with Crippen LogP contribution in [0.3, 0.4) is 0 Å². The third-order valence-electron chi connectivity index (χ3n) is 1.83. The molecule has 0 unspecified atom stereocenters. The van der Waals surface area contributed by atoms with Crippen molar-refractivity contribution in [3.05, 3.63) is 47.5 Å². The lowest BCUT2D eigenvalue weighted by Gasteiger charge is -2.01. The van der Waals surface area contributed by atoms with Crippen LogP contribution in [0.5, 0.6) is 0 Å². The Kier molecular flexibility index (Phi) is 8.69. The van der Waals surface area contributed by atoms with Gasteiger partial charge >= 0.3 is 0 Å². The molecule has 0 atom stereocenters. The van der Waals surface area contributed by atoms with E-state index in [-0.39, 0.29) is 0 Å². The lowest BCUT2D eigenvalue weighted by atomic mass is 10.2. The Morgan fingerprint density at radius 3 is 2.24 bits per heavy atom. The molecule has 3 heteroatoms. The van der Waals surface area contributed by atoms with Crippen molar-refractivity contribution in [1.82, 2.24) is 5.32 Å². The number of nitrogens with one attached hydrogen (secondary N) is 1. The molecule has 0 radical (unpaired) electrons. The van der Waals surface area contributed by atoms with Crippen LogP contribution in [0.4, 0.5) is 0 Å². The minimum atomic E-state index is -0.833. The molecule has 1 aromatic carbocycles. The van der Waals surface area contributed by atoms with E-state index < -0.39 is 5.97 Å². The van der Waals surface area contributed by atoms with E-state index in [1.54, 1.807) is 0 Å². The van der Waals surface area contributed by atoms with E-state index in [1.165, 1.54) is 11.1 Å². The largest absolute Gasteiger partial charge is 0.481 e. The summed E-state index contributed by atoms with van der Waals surface area (Å²) in [7, 11) is 0. The molecule has 0 saturated heterocycles. The molecule has 0 bridgehead atoms. The van der Waals surface area contributed by atoms with E-state index in [0.717, 1.165) is 20.0 Å². The van der Waals surface area contributed by atoms with Gasteiger partial charge in [0.25, 0.3) is 5.97 Å². The fraction of sp³-hybridized carbons (Fsp3) is 0.357. The lowest BCUT2D eigenvalue weighted by Crippen LogP contribution is -2.12. The molecule has 0 fully saturated rings. The number of carbonyl (C=O) groups is 1. The van der Waals surface area contributed by atoms with Crippen LogP contribution in [0.15, 0.2) is 42.0 Å². The third kappa shape index (κ3) is 12.3. The SMILES string of the molecule is CC(=O)O.CC(C)=CCNCc1ccccc1. The number of hydrogen-bond acceptors (Lipinski definition) is 2. The van der Waals surface area contributed by atoms with Crippen LogP contribution in [-0.2, 0) is 11.3 Å². The zero-order chi connectivity index (χ0) is 13.1. The molecule has 1 aromatic rings. The maximum absolute atomic E-state index is 9.00. The van der Waals surface area contributed by atoms with Gasteiger partial charge in [-0.1, -0.05) is 42.0 Å². The van der Waals surface area contributed by atoms with E-state index in [2.05, 4.69) is 49.5 Å². The average Bonchev–Trinajstić information content (AvgIpc) is 2.25. The molecule has 0 aliphatic heterocycles. The Morgan fingerprint density at radius 2 is 1.76 bits per heavy atom. The van der Waals surface area contributed by atoms with Gasteiger partial charge in [0.05, 0.1) is 0 Å². The summed E-state index contributed by atoms with van der Waals surface area (Å²) in [5.74, 6) is -0.833. The van der Waals surface area contributed by atoms with Gasteiger partial charge in [0.2, 0.25) is 0 Å². The number of carboxylic acid groups (broad SMARTS) is 1. The van der Waals surface area contributed by atoms with Gasteiger partial charge in [-0.15, -0.1) is 0 Å². The van der Waals surface area contributed by atoms with Crippen molar-refractivity contribution in [3.63, 3.8) is 0 Å². The second-order valence-electron chi connectivity index (χ2n) is 3.92. The van der Waals surface area contributed by atoms with Gasteiger partial charge in [-0.25, -0.2) is 0 Å². The van der Waals surface area contributed by atoms with Crippen LogP contribution in [0.25, 0.3) is 0 Å². The van der Waals surface area contributed by atoms with Crippen molar-refractivity contribution in [3.8, 4) is 0 Å². The fourth-order valence-electron chi connectivity index (χ4n) is 1.09. The van der Waals surface area contributed by atoms with Gasteiger partial charge in [-0.2, -0.15) is 0 Å². The van der Waals surface area contributed by atoms with Gasteiger partial charge < -0.3 is 10.4 Å². The summed E-state index contributed by atoms with van der Waals surface area (Å²) in [4.78, 5) is 9.00. The van der Waals surface area contributed by atoms with E-state index in [9.17, 15) is 0 Å². The van der Waals surface area contributed by atoms with E-state index in [0.29, 0.717) is 0 Å². The van der Waals surface area contributed by atoms with E-state index in [1.807, 2.05) is 6.07 Å². The van der Waals surface area contributed by atoms with Crippen molar-refractivity contribution in [1.29, 1.82) is 0 Å². The molecule has 0 saturated carbocycles. The van der Waals surface area contributed by atoms with Crippen LogP contribution >= 0.6 is 0 Å². The predicted molar refractivity (Wildman–Crippen MR) is 70.9 cm³/mol. The molecule has 3 nitrogen and oxygen atoms in total. The summed E-state index contributed by atoms with van der Waals surface area (Å²) >= 11 is 0. The zero-order valence-electron chi connectivity index (χ0n) is 10.7. The smallest absolute Gasteiger partial charge is 0.300 e. The van der Waals surface area contributed by atoms with Crippen LogP contribution < -0.4 is 5.32 Å². The summed E-state index contributed by atoms with van der Waals surface area (Å²) < 4.78 is 0. The Bertz CT molecular complexity index is 336. The van der Waals surface area contributed by atoms with Crippen molar-refractivity contribution in [2.45, 2.75) is 27.3 Å². The molecule has 0 aliphatic carbocycles. The monoisotopic (exact) mass is 235 g/mol. The first-order valence-corrected chi connectivity index (χ1v) is 5.60. The molecule has 1 rings (SSSR count). The first-order chi connectivity index (χ1) is 8.02. The van der Waals surface area contributed by atoms with Gasteiger partial charge in [0, 0.05) is 20.0 Å². The van der Waals surface area contributed by atoms with Crippen LogP contribution in [0.2, 0.25) is 0 Å². The molecule has 0 aromatic heterocycles. The first-order valence-electron chi connectivity index (χ1n) is 5.60. The summed E-state index contributed by atoms with van der Waals surface area (Å²) in [6.45, 7) is 7.22. The highest BCUT2D eigenvalue weighted by molar-refractivity contribution is 5.62. The van der Waals surface area contributed by atoms with Crippen molar-refractivity contribution >= 4 is 5.97 Å². The summed E-state index contributed by atoms with van der Waals surface area (Å²) in [6, 6.07) is 10.4. The molecule has 94 valence electrons. The third-order valence-corrected chi connectivity index (χ3v) is 1.83. The van der Waals surface area contributed by atoms with Gasteiger partial charge in [-0.05, 0) is 19.4 Å². The lowest BCUT2D eigenvalue weighted by molar-refractivity contribution is -0.134. The minimum Gasteiger partial charge on any atom is -0.481 e. The topological polar surface area (TPSA) is 49.3 Å². The molecule has 0 spiro atoms. The van der Waals surface area contributed by atoms with E-state index in [4.69, 9.17) is 9.90 Å². The summed E-state index contributed by atoms with van der Waals surface area (Å²) in [5, 5.41) is 10.8. The average molecular weight is 235 g/mol. The number of carboxylic acids is 1. The molecule has 0 amide bonds. The Morgan fingerprint density at radius 1 is 1.24 bits per heavy atom. The van der Waals surface area contributed by atoms with E-state index >= 15 is 0 Å².